The van der Waals surface area contributed by atoms with Crippen LogP contribution in [0.3, 0.4) is 0 Å². The minimum atomic E-state index is -3.86. The smallest absolute Gasteiger partial charge is 0.286 e. The Balaban J connectivity index is 1.78. The summed E-state index contributed by atoms with van der Waals surface area (Å²) in [5.41, 5.74) is 1.00. The number of amides is 1. The Morgan fingerprint density at radius 1 is 1.17 bits per heavy atom. The van der Waals surface area contributed by atoms with Gasteiger partial charge in [0.25, 0.3) is 15.9 Å². The van der Waals surface area contributed by atoms with Gasteiger partial charge in [0.05, 0.1) is 0 Å². The zero-order chi connectivity index (χ0) is 20.8. The van der Waals surface area contributed by atoms with E-state index in [9.17, 15) is 13.2 Å². The fourth-order valence-corrected chi connectivity index (χ4v) is 7.93. The molecule has 1 amide bonds. The summed E-state index contributed by atoms with van der Waals surface area (Å²) in [6.07, 6.45) is 1.72. The zero-order valence-electron chi connectivity index (χ0n) is 15.6. The SMILES string of the molecule is CCN1C(=O)C(=C2SC(C)=C(C)N2c2nccs2)SC1=NS(=O)(=O)c1cccs1. The third kappa shape index (κ3) is 3.67. The van der Waals surface area contributed by atoms with E-state index in [-0.39, 0.29) is 15.3 Å². The molecule has 2 aromatic heterocycles. The monoisotopic (exact) mass is 484 g/mol. The van der Waals surface area contributed by atoms with Crippen molar-refractivity contribution in [2.75, 3.05) is 11.4 Å². The summed E-state index contributed by atoms with van der Waals surface area (Å²) in [5, 5.41) is 5.24. The van der Waals surface area contributed by atoms with Crippen LogP contribution in [-0.2, 0) is 14.8 Å². The maximum Gasteiger partial charge on any atom is 0.294 e. The first-order valence-electron chi connectivity index (χ1n) is 8.51. The van der Waals surface area contributed by atoms with Gasteiger partial charge in [-0.15, -0.1) is 27.1 Å². The molecule has 0 N–H and O–H groups in total. The molecule has 0 radical (unpaired) electrons. The van der Waals surface area contributed by atoms with Crippen LogP contribution in [0, 0.1) is 0 Å². The van der Waals surface area contributed by atoms with Gasteiger partial charge in [0.1, 0.15) is 14.1 Å². The molecule has 0 saturated carbocycles. The average Bonchev–Trinajstić information content (AvgIpc) is 3.45. The highest BCUT2D eigenvalue weighted by Gasteiger charge is 2.40. The van der Waals surface area contributed by atoms with E-state index >= 15 is 0 Å². The highest BCUT2D eigenvalue weighted by Crippen LogP contribution is 2.49. The standard InChI is InChI=1S/C17H16N4O3S5/c1-4-20-14(22)13(28-17(20)19-29(23,24)12-6-5-8-25-12)15-21(10(2)11(3)27-15)16-18-7-9-26-16/h5-9H,4H2,1-3H3. The van der Waals surface area contributed by atoms with Crippen molar-refractivity contribution < 1.29 is 13.2 Å². The molecule has 0 bridgehead atoms. The fraction of sp³-hybridized carbons (Fsp3) is 0.235. The van der Waals surface area contributed by atoms with E-state index in [0.717, 1.165) is 43.9 Å². The number of allylic oxidation sites excluding steroid dienone is 2. The molecule has 2 aliphatic heterocycles. The lowest BCUT2D eigenvalue weighted by Crippen LogP contribution is -2.30. The summed E-state index contributed by atoms with van der Waals surface area (Å²) in [6.45, 7) is 6.10. The Bertz CT molecular complexity index is 1150. The number of likely N-dealkylation sites (N-methyl/N-ethyl adjacent to an activating group) is 1. The van der Waals surface area contributed by atoms with E-state index in [1.54, 1.807) is 24.6 Å². The van der Waals surface area contributed by atoms with E-state index in [4.69, 9.17) is 0 Å². The van der Waals surface area contributed by atoms with Gasteiger partial charge in [-0.1, -0.05) is 17.8 Å². The van der Waals surface area contributed by atoms with Crippen LogP contribution in [0.2, 0.25) is 0 Å². The highest BCUT2D eigenvalue weighted by atomic mass is 32.2. The lowest BCUT2D eigenvalue weighted by atomic mass is 10.4. The molecule has 0 unspecified atom stereocenters. The van der Waals surface area contributed by atoms with E-state index in [1.165, 1.54) is 34.1 Å². The fourth-order valence-electron chi connectivity index (χ4n) is 2.72. The van der Waals surface area contributed by atoms with Gasteiger partial charge in [0.15, 0.2) is 10.3 Å². The maximum absolute atomic E-state index is 13.1. The molecule has 152 valence electrons. The molecular formula is C17H16N4O3S5. The number of thiazole rings is 1. The van der Waals surface area contributed by atoms with E-state index in [2.05, 4.69) is 9.38 Å². The van der Waals surface area contributed by atoms with Crippen LogP contribution in [0.4, 0.5) is 5.13 Å². The van der Waals surface area contributed by atoms with Crippen molar-refractivity contribution in [1.29, 1.82) is 0 Å². The summed E-state index contributed by atoms with van der Waals surface area (Å²) >= 11 is 5.17. The first-order chi connectivity index (χ1) is 13.8. The topological polar surface area (TPSA) is 82.9 Å². The van der Waals surface area contributed by atoms with E-state index in [1.807, 2.05) is 24.1 Å². The summed E-state index contributed by atoms with van der Waals surface area (Å²) < 4.78 is 29.4. The Morgan fingerprint density at radius 2 is 1.97 bits per heavy atom. The van der Waals surface area contributed by atoms with Gasteiger partial charge in [0, 0.05) is 28.7 Å². The summed E-state index contributed by atoms with van der Waals surface area (Å²) in [5.74, 6) is -0.246. The number of hydrogen-bond acceptors (Lipinski definition) is 9. The van der Waals surface area contributed by atoms with Crippen molar-refractivity contribution in [3.05, 3.63) is 49.6 Å². The number of amidine groups is 1. The van der Waals surface area contributed by atoms with Crippen molar-refractivity contribution in [3.8, 4) is 0 Å². The van der Waals surface area contributed by atoms with Gasteiger partial charge in [0.2, 0.25) is 0 Å². The number of carbonyl (C=O) groups is 1. The van der Waals surface area contributed by atoms with Gasteiger partial charge in [-0.25, -0.2) is 4.98 Å². The minimum Gasteiger partial charge on any atom is -0.286 e. The molecule has 0 aromatic carbocycles. The molecule has 4 rings (SSSR count). The number of nitrogens with zero attached hydrogens (tertiary/aromatic N) is 4. The van der Waals surface area contributed by atoms with Crippen molar-refractivity contribution in [3.63, 3.8) is 0 Å². The van der Waals surface area contributed by atoms with Gasteiger partial charge in [-0.3, -0.25) is 14.6 Å². The largest absolute Gasteiger partial charge is 0.294 e. The van der Waals surface area contributed by atoms with Crippen LogP contribution in [0.1, 0.15) is 20.8 Å². The second-order valence-corrected chi connectivity index (χ2v) is 11.8. The number of carbonyl (C=O) groups excluding carboxylic acids is 1. The molecule has 0 aliphatic carbocycles. The van der Waals surface area contributed by atoms with E-state index in [0.29, 0.717) is 11.4 Å². The van der Waals surface area contributed by atoms with Crippen LogP contribution < -0.4 is 4.90 Å². The Kier molecular flexibility index (Phi) is 5.64. The Morgan fingerprint density at radius 3 is 2.59 bits per heavy atom. The molecule has 2 aliphatic rings. The molecule has 1 saturated heterocycles. The average molecular weight is 485 g/mol. The molecule has 7 nitrogen and oxygen atoms in total. The Labute approximate surface area is 185 Å². The second kappa shape index (κ2) is 7.91. The molecule has 0 spiro atoms. The van der Waals surface area contributed by atoms with Gasteiger partial charge in [-0.05, 0) is 44.0 Å². The number of anilines is 1. The van der Waals surface area contributed by atoms with Gasteiger partial charge in [-0.2, -0.15) is 8.42 Å². The number of rotatable bonds is 4. The lowest BCUT2D eigenvalue weighted by Gasteiger charge is -2.19. The molecule has 1 fully saturated rings. The summed E-state index contributed by atoms with van der Waals surface area (Å²) in [6, 6.07) is 3.17. The van der Waals surface area contributed by atoms with Crippen molar-refractivity contribution in [1.82, 2.24) is 9.88 Å². The molecule has 0 atom stereocenters. The summed E-state index contributed by atoms with van der Waals surface area (Å²) in [4.78, 5) is 22.4. The zero-order valence-corrected chi connectivity index (χ0v) is 19.7. The van der Waals surface area contributed by atoms with Crippen molar-refractivity contribution in [2.45, 2.75) is 25.0 Å². The van der Waals surface area contributed by atoms with Crippen molar-refractivity contribution in [2.24, 2.45) is 4.40 Å². The quantitative estimate of drug-likeness (QED) is 0.590. The van der Waals surface area contributed by atoms with Crippen LogP contribution >= 0.6 is 46.2 Å². The first-order valence-corrected chi connectivity index (χ1v) is 13.3. The molecular weight excluding hydrogens is 469 g/mol. The predicted molar refractivity (Wildman–Crippen MR) is 122 cm³/mol. The van der Waals surface area contributed by atoms with Crippen LogP contribution in [0.25, 0.3) is 0 Å². The number of thiophene rings is 1. The van der Waals surface area contributed by atoms with Gasteiger partial charge < -0.3 is 0 Å². The molecule has 2 aromatic rings. The van der Waals surface area contributed by atoms with Crippen LogP contribution in [-0.4, -0.2) is 35.9 Å². The lowest BCUT2D eigenvalue weighted by molar-refractivity contribution is -0.122. The highest BCUT2D eigenvalue weighted by molar-refractivity contribution is 8.20. The molecule has 29 heavy (non-hydrogen) atoms. The predicted octanol–water partition coefficient (Wildman–Crippen LogP) is 4.52. The third-order valence-electron chi connectivity index (χ3n) is 4.23. The Hall–Kier alpha value is -1.60. The van der Waals surface area contributed by atoms with E-state index < -0.39 is 10.0 Å². The second-order valence-electron chi connectivity index (χ2n) is 5.96. The number of aromatic nitrogens is 1. The maximum atomic E-state index is 13.1. The first kappa shape index (κ1) is 20.7. The minimum absolute atomic E-state index is 0.156. The summed E-state index contributed by atoms with van der Waals surface area (Å²) in [7, 11) is -3.86. The normalized spacial score (nSPS) is 21.9. The third-order valence-corrected chi connectivity index (χ3v) is 10.1. The molecule has 4 heterocycles. The van der Waals surface area contributed by atoms with Crippen LogP contribution in [0.15, 0.2) is 58.2 Å². The number of thioether (sulfide) groups is 2. The molecule has 12 heteroatoms. The number of hydrogen-bond donors (Lipinski definition) is 0. The number of sulfonamides is 1. The van der Waals surface area contributed by atoms with Crippen LogP contribution in [0.5, 0.6) is 0 Å². The van der Waals surface area contributed by atoms with Gasteiger partial charge >= 0.3 is 0 Å². The van der Waals surface area contributed by atoms with Crippen molar-refractivity contribution >= 4 is 72.4 Å².